The van der Waals surface area contributed by atoms with E-state index in [9.17, 15) is 29.1 Å². The van der Waals surface area contributed by atoms with Crippen LogP contribution in [0, 0.1) is 0 Å². The van der Waals surface area contributed by atoms with Crippen LogP contribution in [0.15, 0.2) is 24.3 Å². The monoisotopic (exact) mass is 750 g/mol. The number of hydrogen-bond acceptors (Lipinski definition) is 8. The fourth-order valence-electron chi connectivity index (χ4n) is 6.12. The summed E-state index contributed by atoms with van der Waals surface area (Å²) >= 11 is 0. The molecule has 0 saturated carbocycles. The summed E-state index contributed by atoms with van der Waals surface area (Å²) in [6.45, 7) is 32.1. The van der Waals surface area contributed by atoms with Gasteiger partial charge in [-0.3, -0.25) is 0 Å². The van der Waals surface area contributed by atoms with Crippen LogP contribution >= 0.6 is 16.5 Å². The first kappa shape index (κ1) is 48.6. The van der Waals surface area contributed by atoms with Gasteiger partial charge in [-0.15, -0.1) is 0 Å². The Bertz CT molecular complexity index is 1260. The second-order valence-electron chi connectivity index (χ2n) is 16.9. The first-order valence-corrected chi connectivity index (χ1v) is 19.6. The van der Waals surface area contributed by atoms with Gasteiger partial charge in [-0.2, -0.15) is 0 Å². The van der Waals surface area contributed by atoms with Gasteiger partial charge in [0.15, 0.2) is 0 Å². The molecule has 0 saturated heterocycles. The van der Waals surface area contributed by atoms with Gasteiger partial charge in [-0.05, 0) is 105 Å². The molecule has 0 bridgehead atoms. The molecular weight excluding hydrogens is 686 g/mol. The summed E-state index contributed by atoms with van der Waals surface area (Å²) in [6.07, 6.45) is 2.17. The fraction of sp³-hybridized carbons (Fsp3) is 0.684. The predicted molar refractivity (Wildman–Crippen MR) is 201 cm³/mol. The van der Waals surface area contributed by atoms with Crippen molar-refractivity contribution in [1.82, 2.24) is 0 Å². The molecule has 0 heterocycles. The van der Waals surface area contributed by atoms with Crippen molar-refractivity contribution in [3.05, 3.63) is 57.6 Å². The normalized spacial score (nSPS) is 14.4. The Hall–Kier alpha value is -0.400. The second kappa shape index (κ2) is 18.1. The molecule has 0 aromatic heterocycles. The minimum Gasteiger partial charge on any atom is -0.781 e. The Morgan fingerprint density at radius 1 is 0.510 bits per heavy atom. The van der Waals surface area contributed by atoms with Crippen molar-refractivity contribution in [2.24, 2.45) is 0 Å². The van der Waals surface area contributed by atoms with Crippen LogP contribution in [-0.4, -0.2) is 48.0 Å². The van der Waals surface area contributed by atoms with Crippen molar-refractivity contribution in [2.45, 2.75) is 169 Å². The molecule has 0 aliphatic rings. The molecule has 11 heteroatoms. The van der Waals surface area contributed by atoms with E-state index in [2.05, 4.69) is 0 Å². The van der Waals surface area contributed by atoms with Gasteiger partial charge in [0.25, 0.3) is 0 Å². The van der Waals surface area contributed by atoms with Crippen molar-refractivity contribution in [2.75, 3.05) is 0 Å². The number of aromatic hydroxyl groups is 2. The number of phenolic OH excluding ortho intramolecular Hbond substituents is 2. The molecule has 8 nitrogen and oxygen atoms in total. The molecule has 0 aliphatic heterocycles. The molecule has 0 aliphatic carbocycles. The van der Waals surface area contributed by atoms with Gasteiger partial charge in [0.2, 0.25) is 0 Å². The van der Waals surface area contributed by atoms with Crippen LogP contribution in [-0.2, 0) is 51.0 Å². The fourth-order valence-corrected chi connectivity index (χ4v) is 7.58. The van der Waals surface area contributed by atoms with Crippen LogP contribution in [0.2, 0.25) is 0 Å². The molecule has 2 aromatic carbocycles. The van der Waals surface area contributed by atoms with Crippen molar-refractivity contribution < 1.29 is 38.2 Å². The Morgan fingerprint density at radius 3 is 0.816 bits per heavy atom. The number of phenols is 2. The van der Waals surface area contributed by atoms with Crippen molar-refractivity contribution in [1.29, 1.82) is 0 Å². The third kappa shape index (κ3) is 12.3. The molecule has 2 unspecified atom stereocenters. The van der Waals surface area contributed by atoms with E-state index in [-0.39, 0.29) is 70.9 Å². The van der Waals surface area contributed by atoms with E-state index in [1.165, 1.54) is 0 Å². The summed E-state index contributed by atoms with van der Waals surface area (Å²) in [5, 5.41) is 21.6. The standard InChI is InChI=1S/2C19H33O4P.Ca/c2*1-9-19(10-2,23-24(21)22)13-11-14(17(3,4)5)16(20)15(12-13)18(6,7)8;/h2*11-12,20,24H,9-10H2,1-8H3,(H,21,22);/q;;+2/p-2. The van der Waals surface area contributed by atoms with Crippen LogP contribution in [0.5, 0.6) is 11.5 Å². The molecule has 276 valence electrons. The van der Waals surface area contributed by atoms with Crippen LogP contribution in [0.4, 0.5) is 0 Å². The molecule has 0 spiro atoms. The molecular formula is C38H64CaO8P2. The third-order valence-corrected chi connectivity index (χ3v) is 10.5. The average Bonchev–Trinajstić information content (AvgIpc) is 2.92. The quantitative estimate of drug-likeness (QED) is 0.181. The van der Waals surface area contributed by atoms with Gasteiger partial charge in [0.05, 0.1) is 11.2 Å². The zero-order chi connectivity index (χ0) is 37.8. The number of hydrogen-bond donors (Lipinski definition) is 2. The molecule has 2 rings (SSSR count). The van der Waals surface area contributed by atoms with E-state index >= 15 is 0 Å². The third-order valence-electron chi connectivity index (χ3n) is 9.35. The largest absolute Gasteiger partial charge is 2.00 e. The Morgan fingerprint density at radius 2 is 0.694 bits per heavy atom. The van der Waals surface area contributed by atoms with E-state index in [1.54, 1.807) is 0 Å². The van der Waals surface area contributed by atoms with E-state index in [4.69, 9.17) is 9.05 Å². The zero-order valence-electron chi connectivity index (χ0n) is 33.2. The van der Waals surface area contributed by atoms with E-state index in [0.717, 1.165) is 33.4 Å². The maximum atomic E-state index is 11.3. The van der Waals surface area contributed by atoms with Crippen LogP contribution in [0.25, 0.3) is 0 Å². The smallest absolute Gasteiger partial charge is 0.781 e. The molecule has 0 amide bonds. The minimum absolute atomic E-state index is 0. The predicted octanol–water partition coefficient (Wildman–Crippen LogP) is 9.16. The molecule has 0 fully saturated rings. The maximum Gasteiger partial charge on any atom is 2.00 e. The van der Waals surface area contributed by atoms with Crippen LogP contribution in [0.1, 0.15) is 170 Å². The number of rotatable bonds is 10. The summed E-state index contributed by atoms with van der Waals surface area (Å²) in [5.74, 6) is 0.573. The van der Waals surface area contributed by atoms with Gasteiger partial charge < -0.3 is 38.2 Å². The topological polar surface area (TPSA) is 139 Å². The van der Waals surface area contributed by atoms with E-state index < -0.39 is 27.7 Å². The van der Waals surface area contributed by atoms with E-state index in [1.807, 2.05) is 135 Å². The summed E-state index contributed by atoms with van der Waals surface area (Å²) in [7, 11) is -6.66. The molecule has 2 aromatic rings. The summed E-state index contributed by atoms with van der Waals surface area (Å²) in [4.78, 5) is 22.7. The first-order chi connectivity index (χ1) is 21.6. The maximum absolute atomic E-state index is 11.3. The summed E-state index contributed by atoms with van der Waals surface area (Å²) in [6, 6.07) is 7.62. The average molecular weight is 751 g/mol. The zero-order valence-corrected chi connectivity index (χ0v) is 37.4. The first-order valence-electron chi connectivity index (χ1n) is 17.1. The van der Waals surface area contributed by atoms with Gasteiger partial charge in [0.1, 0.15) is 28.0 Å². The van der Waals surface area contributed by atoms with Gasteiger partial charge in [-0.25, -0.2) is 0 Å². The second-order valence-corrected chi connectivity index (χ2v) is 18.4. The van der Waals surface area contributed by atoms with Crippen LogP contribution in [0.3, 0.4) is 0 Å². The van der Waals surface area contributed by atoms with E-state index in [0.29, 0.717) is 25.7 Å². The Balaban J connectivity index is 0.000000922. The van der Waals surface area contributed by atoms with Crippen LogP contribution < -0.4 is 9.79 Å². The van der Waals surface area contributed by atoms with Crippen molar-refractivity contribution in [3.8, 4) is 11.5 Å². The summed E-state index contributed by atoms with van der Waals surface area (Å²) in [5.41, 5.74) is 2.03. The minimum atomic E-state index is -3.33. The van der Waals surface area contributed by atoms with Gasteiger partial charge >= 0.3 is 37.7 Å². The number of benzene rings is 2. The summed E-state index contributed by atoms with van der Waals surface area (Å²) < 4.78 is 33.5. The van der Waals surface area contributed by atoms with Gasteiger partial charge in [0, 0.05) is 0 Å². The Labute approximate surface area is 328 Å². The molecule has 49 heavy (non-hydrogen) atoms. The SMILES string of the molecule is CCC(CC)(O[PH](=O)[O-])c1cc(C(C)(C)C)c(O)c(C(C)(C)C)c1.CCC(CC)(O[PH](=O)[O-])c1cc(C(C)(C)C)c(O)c(C(C)(C)C)c1.[Ca+2]. The Kier molecular flexibility index (Phi) is 17.9. The van der Waals surface area contributed by atoms with Crippen molar-refractivity contribution in [3.63, 3.8) is 0 Å². The van der Waals surface area contributed by atoms with Crippen molar-refractivity contribution >= 4 is 54.2 Å². The molecule has 0 radical (unpaired) electrons. The van der Waals surface area contributed by atoms with Gasteiger partial charge in [-0.1, -0.05) is 111 Å². The molecule has 2 atom stereocenters. The molecule has 2 N–H and O–H groups in total.